The van der Waals surface area contributed by atoms with Crippen molar-refractivity contribution in [1.82, 2.24) is 0 Å². The van der Waals surface area contributed by atoms with E-state index in [9.17, 15) is 0 Å². The quantitative estimate of drug-likeness (QED) is 0.114. The SMILES string of the molecule is CC(C)CC1(c2ccccc2)c2ccccc2-c2ccccc21.CC(C)CCC1(c2ccccc2)c2ccccc2-c2ccccc21.CC1(c2ccccc2)c2ccccc2-c2ccccc21.c1ccc(C2c3ccccc3-c3ccccc32)cc1.c1ccc(Oc2ccccc2)cc1.c1ccc(Sc2ccccc2)cc1. The van der Waals surface area contributed by atoms with Crippen molar-refractivity contribution < 1.29 is 4.74 Å². The molecule has 1 nitrogen and oxygen atoms in total. The first-order valence-corrected chi connectivity index (χ1v) is 40.5. The first kappa shape index (κ1) is 75.1. The van der Waals surface area contributed by atoms with Crippen LogP contribution in [0.5, 0.6) is 11.5 Å². The van der Waals surface area contributed by atoms with Crippen LogP contribution in [0, 0.1) is 11.8 Å². The van der Waals surface area contributed by atoms with Gasteiger partial charge in [-0.25, -0.2) is 0 Å². The Morgan fingerprint density at radius 1 is 0.259 bits per heavy atom. The Kier molecular flexibility index (Phi) is 23.6. The molecule has 4 aliphatic carbocycles. The number of ether oxygens (including phenoxy) is 1. The van der Waals surface area contributed by atoms with Gasteiger partial charge in [0.25, 0.3) is 0 Å². The summed E-state index contributed by atoms with van der Waals surface area (Å²) in [6.45, 7) is 11.6. The third-order valence-electron chi connectivity index (χ3n) is 22.5. The Morgan fingerprint density at radius 3 is 0.884 bits per heavy atom. The summed E-state index contributed by atoms with van der Waals surface area (Å²) in [6.07, 6.45) is 3.51. The highest BCUT2D eigenvalue weighted by molar-refractivity contribution is 7.99. The zero-order chi connectivity index (χ0) is 76.5. The molecule has 112 heavy (non-hydrogen) atoms. The van der Waals surface area contributed by atoms with Gasteiger partial charge >= 0.3 is 0 Å². The zero-order valence-electron chi connectivity index (χ0n) is 64.7. The van der Waals surface area contributed by atoms with Gasteiger partial charge in [-0.3, -0.25) is 0 Å². The van der Waals surface area contributed by atoms with Crippen molar-refractivity contribution in [3.05, 3.63) is 504 Å². The molecule has 0 N–H and O–H groups in total. The fourth-order valence-electron chi connectivity index (χ4n) is 17.5. The Labute approximate surface area is 669 Å². The monoisotopic (exact) mass is 1460 g/mol. The molecule has 0 saturated carbocycles. The van der Waals surface area contributed by atoms with Crippen LogP contribution < -0.4 is 4.74 Å². The van der Waals surface area contributed by atoms with Crippen LogP contribution in [0.25, 0.3) is 44.5 Å². The topological polar surface area (TPSA) is 9.23 Å². The lowest BCUT2D eigenvalue weighted by Gasteiger charge is -2.34. The van der Waals surface area contributed by atoms with Crippen LogP contribution in [0.1, 0.15) is 127 Å². The molecule has 0 radical (unpaired) electrons. The second-order valence-corrected chi connectivity index (χ2v) is 31.5. The molecular formula is C110H96OS. The van der Waals surface area contributed by atoms with Crippen LogP contribution in [0.3, 0.4) is 0 Å². The summed E-state index contributed by atoms with van der Waals surface area (Å²) >= 11 is 1.79. The van der Waals surface area contributed by atoms with E-state index in [-0.39, 0.29) is 16.2 Å². The van der Waals surface area contributed by atoms with E-state index in [1.54, 1.807) is 11.8 Å². The van der Waals surface area contributed by atoms with E-state index in [0.717, 1.165) is 24.3 Å². The van der Waals surface area contributed by atoms with Gasteiger partial charge < -0.3 is 4.74 Å². The average molecular weight is 1470 g/mol. The molecule has 0 unspecified atom stereocenters. The summed E-state index contributed by atoms with van der Waals surface area (Å²) in [6, 6.07) is 155. The molecule has 4 aliphatic rings. The van der Waals surface area contributed by atoms with Crippen LogP contribution in [0.4, 0.5) is 0 Å². The van der Waals surface area contributed by atoms with Gasteiger partial charge in [0.1, 0.15) is 11.5 Å². The van der Waals surface area contributed by atoms with Crippen molar-refractivity contribution in [1.29, 1.82) is 0 Å². The minimum atomic E-state index is -0.0472. The van der Waals surface area contributed by atoms with Crippen molar-refractivity contribution >= 4 is 11.8 Å². The molecule has 16 aromatic rings. The van der Waals surface area contributed by atoms with Crippen molar-refractivity contribution in [2.24, 2.45) is 11.8 Å². The minimum absolute atomic E-state index is 0.0152. The normalized spacial score (nSPS) is 13.2. The summed E-state index contributed by atoms with van der Waals surface area (Å²) < 4.78 is 5.58. The van der Waals surface area contributed by atoms with Gasteiger partial charge in [-0.15, -0.1) is 0 Å². The van der Waals surface area contributed by atoms with E-state index in [1.165, 1.54) is 127 Å². The molecule has 20 rings (SSSR count). The number of rotatable bonds is 13. The van der Waals surface area contributed by atoms with Crippen molar-refractivity contribution in [3.63, 3.8) is 0 Å². The average Bonchev–Trinajstić information content (AvgIpc) is 1.57. The minimum Gasteiger partial charge on any atom is -0.457 e. The van der Waals surface area contributed by atoms with Gasteiger partial charge in [0.15, 0.2) is 0 Å². The number of fused-ring (bicyclic) bond motifs is 12. The molecule has 0 aromatic heterocycles. The Hall–Kier alpha value is -12.3. The fraction of sp³-hybridized carbons (Fsp3) is 0.127. The lowest BCUT2D eigenvalue weighted by Crippen LogP contribution is -2.28. The van der Waals surface area contributed by atoms with Gasteiger partial charge in [-0.1, -0.05) is 428 Å². The summed E-state index contributed by atoms with van der Waals surface area (Å²) in [7, 11) is 0. The van der Waals surface area contributed by atoms with E-state index < -0.39 is 0 Å². The van der Waals surface area contributed by atoms with Gasteiger partial charge in [0, 0.05) is 32.0 Å². The van der Waals surface area contributed by atoms with Crippen LogP contribution in [-0.4, -0.2) is 0 Å². The first-order valence-electron chi connectivity index (χ1n) is 39.7. The highest BCUT2D eigenvalue weighted by Crippen LogP contribution is 2.58. The molecule has 0 spiro atoms. The number of hydrogen-bond acceptors (Lipinski definition) is 2. The second kappa shape index (κ2) is 35.1. The van der Waals surface area contributed by atoms with Crippen LogP contribution in [0.15, 0.2) is 447 Å². The molecule has 0 aliphatic heterocycles. The molecule has 0 atom stereocenters. The van der Waals surface area contributed by atoms with Gasteiger partial charge in [0.2, 0.25) is 0 Å². The Morgan fingerprint density at radius 2 is 0.527 bits per heavy atom. The van der Waals surface area contributed by atoms with Crippen molar-refractivity contribution in [2.45, 2.75) is 85.8 Å². The smallest absolute Gasteiger partial charge is 0.127 e. The third kappa shape index (κ3) is 15.8. The zero-order valence-corrected chi connectivity index (χ0v) is 65.6. The molecular weight excluding hydrogens is 1370 g/mol. The molecule has 0 amide bonds. The molecule has 0 saturated heterocycles. The van der Waals surface area contributed by atoms with E-state index in [4.69, 9.17) is 4.74 Å². The number of hydrogen-bond donors (Lipinski definition) is 0. The maximum absolute atomic E-state index is 5.58. The van der Waals surface area contributed by atoms with E-state index in [0.29, 0.717) is 17.8 Å². The summed E-state index contributed by atoms with van der Waals surface area (Å²) in [5, 5.41) is 0. The van der Waals surface area contributed by atoms with Gasteiger partial charge in [-0.2, -0.15) is 0 Å². The maximum atomic E-state index is 5.58. The highest BCUT2D eigenvalue weighted by Gasteiger charge is 2.46. The second-order valence-electron chi connectivity index (χ2n) is 30.3. The lowest BCUT2D eigenvalue weighted by molar-refractivity contribution is 0.461. The molecule has 2 heteroatoms. The van der Waals surface area contributed by atoms with Gasteiger partial charge in [-0.05, 0) is 198 Å². The molecule has 0 bridgehead atoms. The van der Waals surface area contributed by atoms with E-state index in [1.807, 2.05) is 72.8 Å². The molecule has 16 aromatic carbocycles. The fourth-order valence-corrected chi connectivity index (χ4v) is 18.4. The van der Waals surface area contributed by atoms with E-state index >= 15 is 0 Å². The Balaban J connectivity index is 0.000000108. The standard InChI is InChI=1S/C24H24.C23H22.C20H16.C19H14.C12H10O.C12H10S/c1-18(2)16-17-24(19-10-4-3-5-11-19)22-14-8-6-12-20(22)21-13-7-9-15-23(21)24;1-17(2)16-23(18-10-4-3-5-11-18)21-14-8-6-12-19(21)20-13-7-9-15-22(20)23;1-20(15-9-3-2-4-10-15)18-13-7-5-11-16(18)17-12-6-8-14-19(17)20;1-2-8-14(9-3-1)19-17-12-6-4-10-15(17)16-11-5-7-13-18(16)19;2*1-3-7-11(8-4-1)13-12-9-5-2-6-10-12/h3-15,18H,16-17H2,1-2H3;3-15,17H,16H2,1-2H3;2-14H,1H3;1-13,19H;2*1-10H. The van der Waals surface area contributed by atoms with Crippen molar-refractivity contribution in [2.75, 3.05) is 0 Å². The molecule has 0 heterocycles. The summed E-state index contributed by atoms with van der Waals surface area (Å²) in [5.41, 5.74) is 28.1. The van der Waals surface area contributed by atoms with Gasteiger partial charge in [0.05, 0.1) is 0 Å². The summed E-state index contributed by atoms with van der Waals surface area (Å²) in [5.74, 6) is 3.44. The Bertz CT molecular complexity index is 5350. The van der Waals surface area contributed by atoms with E-state index in [2.05, 4.69) is 399 Å². The largest absolute Gasteiger partial charge is 0.457 e. The van der Waals surface area contributed by atoms with Crippen LogP contribution in [0.2, 0.25) is 0 Å². The predicted octanol–water partition coefficient (Wildman–Crippen LogP) is 29.7. The van der Waals surface area contributed by atoms with Crippen molar-refractivity contribution in [3.8, 4) is 56.0 Å². The highest BCUT2D eigenvalue weighted by atomic mass is 32.2. The maximum Gasteiger partial charge on any atom is 0.127 e. The molecule has 548 valence electrons. The number of benzene rings is 16. The lowest BCUT2D eigenvalue weighted by atomic mass is 9.68. The number of para-hydroxylation sites is 2. The summed E-state index contributed by atoms with van der Waals surface area (Å²) in [4.78, 5) is 2.57. The third-order valence-corrected chi connectivity index (χ3v) is 23.5. The predicted molar refractivity (Wildman–Crippen MR) is 473 cm³/mol. The van der Waals surface area contributed by atoms with Crippen LogP contribution >= 0.6 is 11.8 Å². The van der Waals surface area contributed by atoms with Crippen LogP contribution in [-0.2, 0) is 16.2 Å². The first-order chi connectivity index (χ1) is 55.1. The molecule has 0 fully saturated rings.